The highest BCUT2D eigenvalue weighted by Gasteiger charge is 2.42. The fraction of sp³-hybridized carbons (Fsp3) is 0.440. The van der Waals surface area contributed by atoms with Gasteiger partial charge in [0.2, 0.25) is 11.8 Å². The molecule has 0 bridgehead atoms. The third-order valence-electron chi connectivity index (χ3n) is 5.36. The number of hydrogen-bond acceptors (Lipinski definition) is 4. The van der Waals surface area contributed by atoms with Crippen molar-refractivity contribution in [1.29, 1.82) is 0 Å². The van der Waals surface area contributed by atoms with Gasteiger partial charge in [-0.1, -0.05) is 60.7 Å². The lowest BCUT2D eigenvalue weighted by Gasteiger charge is -2.36. The molecule has 2 amide bonds. The number of aliphatic hydroxyl groups is 2. The maximum absolute atomic E-state index is 13.2. The van der Waals surface area contributed by atoms with Gasteiger partial charge in [-0.2, -0.15) is 0 Å². The Morgan fingerprint density at radius 2 is 0.935 bits per heavy atom. The molecule has 0 spiro atoms. The minimum Gasteiger partial charge on any atom is -0.388 e. The second kappa shape index (κ2) is 9.20. The number of benzene rings is 2. The summed E-state index contributed by atoms with van der Waals surface area (Å²) in [6.45, 7) is 9.48. The number of nitrogens with one attached hydrogen (secondary N) is 2. The number of rotatable bonds is 8. The minimum atomic E-state index is -1.45. The summed E-state index contributed by atoms with van der Waals surface area (Å²) < 4.78 is 0. The molecule has 6 nitrogen and oxygen atoms in total. The second-order valence-corrected chi connectivity index (χ2v) is 9.57. The number of amides is 2. The van der Waals surface area contributed by atoms with E-state index in [1.54, 1.807) is 27.7 Å². The van der Waals surface area contributed by atoms with E-state index in [1.165, 1.54) is 13.8 Å². The lowest BCUT2D eigenvalue weighted by atomic mass is 9.85. The zero-order chi connectivity index (χ0) is 23.4. The van der Waals surface area contributed by atoms with Crippen LogP contribution in [0.2, 0.25) is 0 Å². The molecular formula is C25H34N2O4. The highest BCUT2D eigenvalue weighted by molar-refractivity contribution is 6.04. The molecule has 0 heterocycles. The van der Waals surface area contributed by atoms with Gasteiger partial charge in [0.05, 0.1) is 23.3 Å². The molecule has 6 heteroatoms. The van der Waals surface area contributed by atoms with Gasteiger partial charge in [0, 0.05) is 0 Å². The largest absolute Gasteiger partial charge is 0.388 e. The van der Waals surface area contributed by atoms with Crippen molar-refractivity contribution in [3.63, 3.8) is 0 Å². The highest BCUT2D eigenvalue weighted by Crippen LogP contribution is 2.30. The van der Waals surface area contributed by atoms with Crippen LogP contribution in [0.15, 0.2) is 60.7 Å². The van der Waals surface area contributed by atoms with E-state index in [0.717, 1.165) is 11.1 Å². The maximum atomic E-state index is 13.2. The van der Waals surface area contributed by atoms with Crippen LogP contribution >= 0.6 is 0 Å². The lowest BCUT2D eigenvalue weighted by Crippen LogP contribution is -2.54. The van der Waals surface area contributed by atoms with Crippen molar-refractivity contribution in [3.8, 4) is 0 Å². The third-order valence-corrected chi connectivity index (χ3v) is 5.36. The van der Waals surface area contributed by atoms with Crippen molar-refractivity contribution in [2.45, 2.75) is 64.8 Å². The van der Waals surface area contributed by atoms with E-state index in [1.807, 2.05) is 60.7 Å². The van der Waals surface area contributed by atoms with Crippen molar-refractivity contribution in [3.05, 3.63) is 71.8 Å². The van der Waals surface area contributed by atoms with Crippen LogP contribution in [0, 0.1) is 5.41 Å². The predicted octanol–water partition coefficient (Wildman–Crippen LogP) is 3.27. The average molecular weight is 427 g/mol. The van der Waals surface area contributed by atoms with E-state index < -0.39 is 40.5 Å². The first kappa shape index (κ1) is 24.6. The van der Waals surface area contributed by atoms with E-state index in [9.17, 15) is 19.8 Å². The van der Waals surface area contributed by atoms with Crippen LogP contribution in [0.1, 0.15) is 64.8 Å². The quantitative estimate of drug-likeness (QED) is 0.487. The Balaban J connectivity index is 2.25. The highest BCUT2D eigenvalue weighted by atomic mass is 16.3. The maximum Gasteiger partial charge on any atom is 0.235 e. The first-order valence-corrected chi connectivity index (χ1v) is 10.4. The minimum absolute atomic E-state index is 0.525. The van der Waals surface area contributed by atoms with Crippen LogP contribution in [0.3, 0.4) is 0 Å². The van der Waals surface area contributed by atoms with Gasteiger partial charge in [0.25, 0.3) is 0 Å². The van der Waals surface area contributed by atoms with Gasteiger partial charge in [-0.3, -0.25) is 9.59 Å². The van der Waals surface area contributed by atoms with Crippen molar-refractivity contribution in [2.75, 3.05) is 0 Å². The Morgan fingerprint density at radius 1 is 0.645 bits per heavy atom. The molecule has 0 saturated carbocycles. The van der Waals surface area contributed by atoms with Gasteiger partial charge in [-0.25, -0.2) is 0 Å². The third kappa shape index (κ3) is 6.15. The van der Waals surface area contributed by atoms with E-state index in [2.05, 4.69) is 10.6 Å². The Bertz CT molecular complexity index is 808. The molecule has 168 valence electrons. The summed E-state index contributed by atoms with van der Waals surface area (Å²) >= 11 is 0. The van der Waals surface area contributed by atoms with Crippen LogP contribution in [0.4, 0.5) is 0 Å². The second-order valence-electron chi connectivity index (χ2n) is 9.57. The molecule has 4 N–H and O–H groups in total. The zero-order valence-electron chi connectivity index (χ0n) is 19.1. The Morgan fingerprint density at radius 3 is 1.19 bits per heavy atom. The molecule has 2 aromatic rings. The number of carbonyl (C=O) groups is 2. The first-order valence-electron chi connectivity index (χ1n) is 10.4. The standard InChI is InChI=1S/C25H34N2O4/c1-23(2,21(28)26-19(24(3,4)30)17-13-9-7-10-14-17)22(29)27-20(25(5,6)31)18-15-11-8-12-16-18/h7-16,19-20,30-31H,1-6H3,(H,26,28)(H,27,29)/t19-,20-/m1/s1. The Labute approximate surface area is 184 Å². The number of carbonyl (C=O) groups excluding carboxylic acids is 2. The molecule has 0 aliphatic carbocycles. The van der Waals surface area contributed by atoms with Crippen molar-refractivity contribution in [2.24, 2.45) is 5.41 Å². The molecule has 0 saturated heterocycles. The van der Waals surface area contributed by atoms with Gasteiger partial charge < -0.3 is 20.8 Å². The topological polar surface area (TPSA) is 98.7 Å². The Kier molecular flexibility index (Phi) is 7.29. The van der Waals surface area contributed by atoms with E-state index in [0.29, 0.717) is 0 Å². The molecule has 2 aromatic carbocycles. The summed E-state index contributed by atoms with van der Waals surface area (Å²) in [4.78, 5) is 26.3. The zero-order valence-corrected chi connectivity index (χ0v) is 19.1. The molecule has 0 unspecified atom stereocenters. The molecule has 31 heavy (non-hydrogen) atoms. The van der Waals surface area contributed by atoms with E-state index in [-0.39, 0.29) is 0 Å². The SMILES string of the molecule is CC(C)(C(=O)N[C@H](c1ccccc1)C(C)(C)O)C(=O)N[C@H](c1ccccc1)C(C)(C)O. The molecule has 2 rings (SSSR count). The van der Waals surface area contributed by atoms with Gasteiger partial charge in [0.15, 0.2) is 0 Å². The van der Waals surface area contributed by atoms with Gasteiger partial charge in [0.1, 0.15) is 5.41 Å². The summed E-state index contributed by atoms with van der Waals surface area (Å²) in [5.74, 6) is -1.05. The van der Waals surface area contributed by atoms with Crippen LogP contribution < -0.4 is 10.6 Å². The monoisotopic (exact) mass is 426 g/mol. The smallest absolute Gasteiger partial charge is 0.235 e. The summed E-state index contributed by atoms with van der Waals surface area (Å²) in [5, 5.41) is 26.9. The van der Waals surface area contributed by atoms with Crippen molar-refractivity contribution < 1.29 is 19.8 Å². The summed E-state index contributed by atoms with van der Waals surface area (Å²) in [6, 6.07) is 16.9. The van der Waals surface area contributed by atoms with Gasteiger partial charge >= 0.3 is 0 Å². The Hall–Kier alpha value is -2.70. The normalized spacial score (nSPS) is 14.5. The van der Waals surface area contributed by atoms with Crippen LogP contribution in [0.25, 0.3) is 0 Å². The van der Waals surface area contributed by atoms with E-state index in [4.69, 9.17) is 0 Å². The molecule has 0 aliphatic heterocycles. The predicted molar refractivity (Wildman–Crippen MR) is 121 cm³/mol. The average Bonchev–Trinajstić information content (AvgIpc) is 2.69. The number of hydrogen-bond donors (Lipinski definition) is 4. The molecular weight excluding hydrogens is 392 g/mol. The van der Waals surface area contributed by atoms with Crippen molar-refractivity contribution >= 4 is 11.8 Å². The summed E-state index contributed by atoms with van der Waals surface area (Å²) in [5.41, 5.74) is -2.47. The molecule has 0 fully saturated rings. The van der Waals surface area contributed by atoms with Gasteiger partial charge in [-0.05, 0) is 52.7 Å². The van der Waals surface area contributed by atoms with Crippen LogP contribution in [0.5, 0.6) is 0 Å². The van der Waals surface area contributed by atoms with Crippen LogP contribution in [-0.2, 0) is 9.59 Å². The first-order chi connectivity index (χ1) is 14.2. The lowest BCUT2D eigenvalue weighted by molar-refractivity contribution is -0.144. The van der Waals surface area contributed by atoms with Crippen molar-refractivity contribution in [1.82, 2.24) is 10.6 Å². The molecule has 0 radical (unpaired) electrons. The molecule has 2 atom stereocenters. The van der Waals surface area contributed by atoms with Gasteiger partial charge in [-0.15, -0.1) is 0 Å². The van der Waals surface area contributed by atoms with E-state index >= 15 is 0 Å². The summed E-state index contributed by atoms with van der Waals surface area (Å²) in [6.07, 6.45) is 0. The fourth-order valence-electron chi connectivity index (χ4n) is 3.35. The van der Waals surface area contributed by atoms with Crippen LogP contribution in [-0.4, -0.2) is 33.2 Å². The summed E-state index contributed by atoms with van der Waals surface area (Å²) in [7, 11) is 0. The molecule has 0 aromatic heterocycles. The molecule has 0 aliphatic rings. The fourth-order valence-corrected chi connectivity index (χ4v) is 3.35.